The van der Waals surface area contributed by atoms with Gasteiger partial charge >= 0.3 is 0 Å². The fourth-order valence-electron chi connectivity index (χ4n) is 5.16. The Morgan fingerprint density at radius 2 is 1.94 bits per heavy atom. The zero-order chi connectivity index (χ0) is 22.6. The van der Waals surface area contributed by atoms with Crippen molar-refractivity contribution in [1.82, 2.24) is 24.6 Å². The Labute approximate surface area is 185 Å². The highest BCUT2D eigenvalue weighted by Crippen LogP contribution is 2.44. The lowest BCUT2D eigenvalue weighted by Crippen LogP contribution is -2.46. The summed E-state index contributed by atoms with van der Waals surface area (Å²) in [6.45, 7) is 5.21. The summed E-state index contributed by atoms with van der Waals surface area (Å²) in [6.07, 6.45) is 7.72. The fraction of sp³-hybridized carbons (Fsp3) is 0.435. The van der Waals surface area contributed by atoms with Crippen molar-refractivity contribution in [1.29, 1.82) is 0 Å². The van der Waals surface area contributed by atoms with Crippen LogP contribution in [0.1, 0.15) is 75.9 Å². The number of fused-ring (bicyclic) bond motifs is 2. The normalized spacial score (nSPS) is 17.8. The molecule has 3 aromatic rings. The van der Waals surface area contributed by atoms with Crippen molar-refractivity contribution < 1.29 is 14.4 Å². The van der Waals surface area contributed by atoms with Gasteiger partial charge in [0.1, 0.15) is 11.3 Å². The Bertz CT molecular complexity index is 1250. The lowest BCUT2D eigenvalue weighted by atomic mass is 9.67. The van der Waals surface area contributed by atoms with E-state index in [-0.39, 0.29) is 23.1 Å². The molecular formula is C23H26N6O3. The third-order valence-electron chi connectivity index (χ3n) is 6.88. The van der Waals surface area contributed by atoms with Crippen LogP contribution in [0, 0.1) is 5.41 Å². The van der Waals surface area contributed by atoms with Crippen molar-refractivity contribution in [2.75, 3.05) is 13.1 Å². The minimum absolute atomic E-state index is 0.117. The topological polar surface area (TPSA) is 127 Å². The van der Waals surface area contributed by atoms with Gasteiger partial charge in [-0.2, -0.15) is 5.10 Å². The van der Waals surface area contributed by atoms with Crippen LogP contribution in [0.15, 0.2) is 24.7 Å². The monoisotopic (exact) mass is 434 g/mol. The number of carbonyl (C=O) groups is 3. The van der Waals surface area contributed by atoms with Gasteiger partial charge in [-0.15, -0.1) is 0 Å². The summed E-state index contributed by atoms with van der Waals surface area (Å²) in [5.41, 5.74) is 8.34. The molecule has 32 heavy (non-hydrogen) atoms. The molecule has 0 unspecified atom stereocenters. The van der Waals surface area contributed by atoms with E-state index in [1.54, 1.807) is 6.07 Å². The Kier molecular flexibility index (Phi) is 4.65. The highest BCUT2D eigenvalue weighted by Gasteiger charge is 2.43. The number of piperidine rings is 1. The number of hydrogen-bond acceptors (Lipinski definition) is 5. The average molecular weight is 435 g/mol. The Balaban J connectivity index is 1.33. The van der Waals surface area contributed by atoms with Crippen molar-refractivity contribution in [3.63, 3.8) is 0 Å². The summed E-state index contributed by atoms with van der Waals surface area (Å²) >= 11 is 0. The van der Waals surface area contributed by atoms with Gasteiger partial charge in [0.2, 0.25) is 0 Å². The molecule has 0 radical (unpaired) electrons. The molecule has 1 spiro atoms. The fourth-order valence-corrected chi connectivity index (χ4v) is 5.16. The van der Waals surface area contributed by atoms with Crippen LogP contribution in [0.5, 0.6) is 0 Å². The molecule has 1 aliphatic heterocycles. The molecule has 0 bridgehead atoms. The first kappa shape index (κ1) is 20.4. The number of hydrogen-bond donors (Lipinski definition) is 2. The number of carbonyl (C=O) groups excluding carboxylic acids is 3. The highest BCUT2D eigenvalue weighted by molar-refractivity contribution is 6.07. The van der Waals surface area contributed by atoms with Crippen molar-refractivity contribution in [3.8, 4) is 0 Å². The molecule has 3 N–H and O–H groups in total. The molecule has 1 saturated heterocycles. The van der Waals surface area contributed by atoms with Gasteiger partial charge in [-0.1, -0.05) is 0 Å². The molecule has 1 fully saturated rings. The summed E-state index contributed by atoms with van der Waals surface area (Å²) in [5.74, 6) is -0.538. The van der Waals surface area contributed by atoms with E-state index in [4.69, 9.17) is 5.73 Å². The van der Waals surface area contributed by atoms with Crippen molar-refractivity contribution >= 4 is 28.6 Å². The lowest BCUT2D eigenvalue weighted by molar-refractivity contribution is 0.0517. The number of H-pyrrole nitrogens is 1. The molecule has 5 rings (SSSR count). The molecule has 9 nitrogen and oxygen atoms in total. The van der Waals surface area contributed by atoms with E-state index in [1.165, 1.54) is 12.4 Å². The number of amides is 2. The zero-order valence-corrected chi connectivity index (χ0v) is 18.2. The first-order valence-corrected chi connectivity index (χ1v) is 10.9. The van der Waals surface area contributed by atoms with Crippen molar-refractivity contribution in [2.45, 2.75) is 45.6 Å². The van der Waals surface area contributed by atoms with Gasteiger partial charge in [-0.05, 0) is 44.6 Å². The number of nitrogens with two attached hydrogens (primary N) is 1. The molecule has 3 aromatic heterocycles. The summed E-state index contributed by atoms with van der Waals surface area (Å²) in [5, 5.41) is 4.98. The smallest absolute Gasteiger partial charge is 0.255 e. The van der Waals surface area contributed by atoms with Crippen LogP contribution in [0.3, 0.4) is 0 Å². The number of rotatable bonds is 3. The minimum Gasteiger partial charge on any atom is -0.366 e. The van der Waals surface area contributed by atoms with Crippen LogP contribution in [0.25, 0.3) is 11.0 Å². The van der Waals surface area contributed by atoms with Gasteiger partial charge in [0.05, 0.1) is 17.3 Å². The largest absolute Gasteiger partial charge is 0.366 e. The van der Waals surface area contributed by atoms with E-state index < -0.39 is 5.91 Å². The van der Waals surface area contributed by atoms with Gasteiger partial charge in [0.15, 0.2) is 5.78 Å². The van der Waals surface area contributed by atoms with Crippen LogP contribution >= 0.6 is 0 Å². The molecule has 0 atom stereocenters. The van der Waals surface area contributed by atoms with Crippen LogP contribution in [0.4, 0.5) is 0 Å². The molecule has 9 heteroatoms. The summed E-state index contributed by atoms with van der Waals surface area (Å²) in [4.78, 5) is 46.7. The SMILES string of the molecule is CC(C)n1ncc2c1C(=O)CC1(CCN(C(=O)c3cnc4[nH]cc(C(N)=O)c4c3)CC1)C2. The number of pyridine rings is 1. The maximum atomic E-state index is 13.1. The van der Waals surface area contributed by atoms with Crippen molar-refractivity contribution in [3.05, 3.63) is 47.0 Å². The highest BCUT2D eigenvalue weighted by atomic mass is 16.2. The first-order chi connectivity index (χ1) is 15.3. The average Bonchev–Trinajstić information content (AvgIpc) is 3.37. The molecule has 166 valence electrons. The number of aromatic amines is 1. The number of aromatic nitrogens is 4. The Hall–Kier alpha value is -3.49. The predicted octanol–water partition coefficient (Wildman–Crippen LogP) is 2.49. The predicted molar refractivity (Wildman–Crippen MR) is 117 cm³/mol. The van der Waals surface area contributed by atoms with E-state index in [1.807, 2.05) is 29.6 Å². The van der Waals surface area contributed by atoms with Gasteiger partial charge in [0, 0.05) is 48.9 Å². The third-order valence-corrected chi connectivity index (χ3v) is 6.88. The van der Waals surface area contributed by atoms with Crippen LogP contribution in [0.2, 0.25) is 0 Å². The summed E-state index contributed by atoms with van der Waals surface area (Å²) in [7, 11) is 0. The second-order valence-corrected chi connectivity index (χ2v) is 9.31. The van der Waals surface area contributed by atoms with Crippen molar-refractivity contribution in [2.24, 2.45) is 11.1 Å². The maximum Gasteiger partial charge on any atom is 0.255 e. The van der Waals surface area contributed by atoms with Crippen LogP contribution < -0.4 is 5.73 Å². The number of ketones is 1. The number of likely N-dealkylation sites (tertiary alicyclic amines) is 1. The second kappa shape index (κ2) is 7.29. The van der Waals surface area contributed by atoms with E-state index in [0.29, 0.717) is 41.7 Å². The third kappa shape index (κ3) is 3.19. The quantitative estimate of drug-likeness (QED) is 0.655. The Morgan fingerprint density at radius 1 is 1.19 bits per heavy atom. The Morgan fingerprint density at radius 3 is 2.62 bits per heavy atom. The molecule has 4 heterocycles. The number of nitrogens with zero attached hydrogens (tertiary/aromatic N) is 4. The maximum absolute atomic E-state index is 13.1. The zero-order valence-electron chi connectivity index (χ0n) is 18.2. The summed E-state index contributed by atoms with van der Waals surface area (Å²) in [6, 6.07) is 1.82. The molecular weight excluding hydrogens is 408 g/mol. The molecule has 2 amide bonds. The number of nitrogens with one attached hydrogen (secondary N) is 1. The van der Waals surface area contributed by atoms with Gasteiger partial charge in [0.25, 0.3) is 11.8 Å². The van der Waals surface area contributed by atoms with Crippen LogP contribution in [-0.2, 0) is 6.42 Å². The lowest BCUT2D eigenvalue weighted by Gasteiger charge is -2.43. The first-order valence-electron chi connectivity index (χ1n) is 10.9. The standard InChI is InChI=1S/C23H26N6O3/c1-13(2)29-19-15(11-27-29)8-23(9-18(19)30)3-5-28(6-4-23)22(32)14-7-16-17(20(24)31)12-26-21(16)25-10-14/h7,10-13H,3-6,8-9H2,1-2H3,(H2,24,31)(H,25,26). The second-order valence-electron chi connectivity index (χ2n) is 9.31. The van der Waals surface area contributed by atoms with E-state index >= 15 is 0 Å². The molecule has 1 aliphatic carbocycles. The van der Waals surface area contributed by atoms with E-state index in [2.05, 4.69) is 15.1 Å². The summed E-state index contributed by atoms with van der Waals surface area (Å²) < 4.78 is 1.83. The van der Waals surface area contributed by atoms with Crippen LogP contribution in [-0.4, -0.2) is 55.3 Å². The molecule has 2 aliphatic rings. The van der Waals surface area contributed by atoms with Gasteiger partial charge in [-0.3, -0.25) is 19.1 Å². The van der Waals surface area contributed by atoms with Gasteiger partial charge < -0.3 is 15.6 Å². The molecule has 0 saturated carbocycles. The van der Waals surface area contributed by atoms with Gasteiger partial charge in [-0.25, -0.2) is 4.98 Å². The minimum atomic E-state index is -0.565. The number of primary amides is 1. The van der Waals surface area contributed by atoms with E-state index in [9.17, 15) is 14.4 Å². The molecule has 0 aromatic carbocycles. The number of Topliss-reactive ketones (excluding diaryl/α,β-unsaturated/α-hetero) is 1. The van der Waals surface area contributed by atoms with E-state index in [0.717, 1.165) is 30.5 Å².